The summed E-state index contributed by atoms with van der Waals surface area (Å²) >= 11 is 6.01. The lowest BCUT2D eigenvalue weighted by Crippen LogP contribution is -2.43. The predicted molar refractivity (Wildman–Crippen MR) is 143 cm³/mol. The van der Waals surface area contributed by atoms with Gasteiger partial charge in [-0.05, 0) is 86.8 Å². The van der Waals surface area contributed by atoms with Gasteiger partial charge in [-0.2, -0.15) is 0 Å². The summed E-state index contributed by atoms with van der Waals surface area (Å²) in [7, 11) is -3.72. The molecule has 0 spiro atoms. The Kier molecular flexibility index (Phi) is 9.73. The Bertz CT molecular complexity index is 1290. The molecule has 3 aromatic carbocycles. The predicted octanol–water partition coefficient (Wildman–Crippen LogP) is 4.76. The topological polar surface area (TPSA) is 102 Å². The van der Waals surface area contributed by atoms with E-state index in [0.717, 1.165) is 11.1 Å². The summed E-state index contributed by atoms with van der Waals surface area (Å²) in [6.45, 7) is 6.11. The van der Waals surface area contributed by atoms with E-state index in [1.807, 2.05) is 19.9 Å². The Morgan fingerprint density at radius 2 is 1.65 bits per heavy atom. The number of nitrogens with one attached hydrogen (secondary N) is 1. The molecule has 0 radical (unpaired) electrons. The molecule has 0 unspecified atom stereocenters. The molecule has 0 aliphatic carbocycles. The minimum atomic E-state index is -3.72. The maximum absolute atomic E-state index is 13.1. The largest absolute Gasteiger partial charge is 0.482 e. The average Bonchev–Trinajstić information content (AvgIpc) is 2.86. The Morgan fingerprint density at radius 1 is 1.03 bits per heavy atom. The van der Waals surface area contributed by atoms with Crippen LogP contribution in [0.2, 0.25) is 5.02 Å². The highest BCUT2D eigenvalue weighted by Crippen LogP contribution is 2.25. The Hall–Kier alpha value is -2.91. The van der Waals surface area contributed by atoms with Crippen LogP contribution in [0, 0.1) is 0 Å². The summed E-state index contributed by atoms with van der Waals surface area (Å²) in [5, 5.41) is 14.4. The number of halogens is 1. The van der Waals surface area contributed by atoms with Gasteiger partial charge in [0, 0.05) is 17.1 Å². The molecule has 0 amide bonds. The molecule has 0 saturated carbocycles. The smallest absolute Gasteiger partial charge is 0.344 e. The van der Waals surface area contributed by atoms with Gasteiger partial charge in [-0.25, -0.2) is 13.2 Å². The van der Waals surface area contributed by atoms with Crippen molar-refractivity contribution in [2.24, 2.45) is 0 Å². The Labute approximate surface area is 223 Å². The first-order valence-electron chi connectivity index (χ1n) is 11.9. The van der Waals surface area contributed by atoms with Gasteiger partial charge in [0.2, 0.25) is 9.84 Å². The summed E-state index contributed by atoms with van der Waals surface area (Å²) < 4.78 is 36.3. The molecule has 198 valence electrons. The second kappa shape index (κ2) is 12.6. The van der Waals surface area contributed by atoms with Gasteiger partial charge in [0.1, 0.15) is 5.75 Å². The van der Waals surface area contributed by atoms with Gasteiger partial charge < -0.3 is 19.9 Å². The molecule has 0 heterocycles. The first kappa shape index (κ1) is 28.7. The number of carbonyl (C=O) groups excluding carboxylic acids is 1. The second-order valence-corrected chi connectivity index (χ2v) is 11.6. The van der Waals surface area contributed by atoms with E-state index in [4.69, 9.17) is 21.1 Å². The van der Waals surface area contributed by atoms with Crippen LogP contribution >= 0.6 is 11.6 Å². The van der Waals surface area contributed by atoms with Crippen molar-refractivity contribution in [1.82, 2.24) is 5.32 Å². The SMILES string of the molecule is CCOC(=O)COc1ccc(S(=O)(=O)c2ccc(CC(C)(C)NC[C@H](O)c3cccc(Cl)c3)cc2)cc1. The molecule has 0 saturated heterocycles. The number of rotatable bonds is 12. The van der Waals surface area contributed by atoms with Crippen molar-refractivity contribution < 1.29 is 27.8 Å². The molecule has 1 atom stereocenters. The van der Waals surface area contributed by atoms with E-state index in [1.165, 1.54) is 24.3 Å². The van der Waals surface area contributed by atoms with Crippen molar-refractivity contribution in [3.63, 3.8) is 0 Å². The van der Waals surface area contributed by atoms with Gasteiger partial charge in [-0.1, -0.05) is 35.9 Å². The van der Waals surface area contributed by atoms with Gasteiger partial charge in [0.25, 0.3) is 0 Å². The lowest BCUT2D eigenvalue weighted by Gasteiger charge is -2.28. The minimum absolute atomic E-state index is 0.126. The standard InChI is InChI=1S/C28H32ClNO6S/c1-4-35-27(32)19-36-23-10-14-25(15-11-23)37(33,34)24-12-8-20(9-13-24)17-28(2,3)30-18-26(31)21-6-5-7-22(29)16-21/h5-16,26,30-31H,4,17-19H2,1-3H3/t26-/m0/s1. The lowest BCUT2D eigenvalue weighted by atomic mass is 9.94. The van der Waals surface area contributed by atoms with E-state index in [9.17, 15) is 18.3 Å². The van der Waals surface area contributed by atoms with Crippen LogP contribution in [0.4, 0.5) is 0 Å². The van der Waals surface area contributed by atoms with Crippen molar-refractivity contribution in [2.45, 2.75) is 48.6 Å². The summed E-state index contributed by atoms with van der Waals surface area (Å²) in [4.78, 5) is 11.7. The van der Waals surface area contributed by atoms with Crippen LogP contribution < -0.4 is 10.1 Å². The number of aliphatic hydroxyl groups is 1. The quantitative estimate of drug-likeness (QED) is 0.316. The number of hydrogen-bond acceptors (Lipinski definition) is 7. The number of hydrogen-bond donors (Lipinski definition) is 2. The molecule has 9 heteroatoms. The van der Waals surface area contributed by atoms with Crippen molar-refractivity contribution >= 4 is 27.4 Å². The molecule has 7 nitrogen and oxygen atoms in total. The fourth-order valence-corrected chi connectivity index (χ4v) is 5.22. The molecule has 37 heavy (non-hydrogen) atoms. The summed E-state index contributed by atoms with van der Waals surface area (Å²) in [6.07, 6.45) is -0.0744. The van der Waals surface area contributed by atoms with Crippen LogP contribution in [0.3, 0.4) is 0 Å². The molecule has 0 aromatic heterocycles. The van der Waals surface area contributed by atoms with Crippen molar-refractivity contribution in [3.05, 3.63) is 88.9 Å². The number of β-amino-alcohol motifs (C(OH)–C–C–N with tert-alkyl or cyclic N) is 1. The van der Waals surface area contributed by atoms with Crippen molar-refractivity contribution in [3.8, 4) is 5.75 Å². The third-order valence-electron chi connectivity index (χ3n) is 5.68. The van der Waals surface area contributed by atoms with Crippen molar-refractivity contribution in [1.29, 1.82) is 0 Å². The zero-order valence-electron chi connectivity index (χ0n) is 21.1. The van der Waals surface area contributed by atoms with E-state index >= 15 is 0 Å². The van der Waals surface area contributed by atoms with E-state index in [0.29, 0.717) is 23.7 Å². The zero-order valence-corrected chi connectivity index (χ0v) is 22.7. The number of aliphatic hydroxyl groups excluding tert-OH is 1. The fraction of sp³-hybridized carbons (Fsp3) is 0.321. The summed E-state index contributed by atoms with van der Waals surface area (Å²) in [5.41, 5.74) is 1.35. The Morgan fingerprint density at radius 3 is 2.24 bits per heavy atom. The second-order valence-electron chi connectivity index (χ2n) is 9.22. The average molecular weight is 546 g/mol. The molecule has 0 aliphatic rings. The number of benzene rings is 3. The number of sulfone groups is 1. The van der Waals surface area contributed by atoms with E-state index in [2.05, 4.69) is 5.32 Å². The first-order chi connectivity index (χ1) is 17.5. The van der Waals surface area contributed by atoms with Crippen LogP contribution in [0.1, 0.15) is 38.0 Å². The highest BCUT2D eigenvalue weighted by molar-refractivity contribution is 7.91. The summed E-state index contributed by atoms with van der Waals surface area (Å²) in [6, 6.07) is 19.8. The fourth-order valence-electron chi connectivity index (χ4n) is 3.76. The molecular formula is C28H32ClNO6S. The normalized spacial score (nSPS) is 12.7. The number of ether oxygens (including phenoxy) is 2. The van der Waals surface area contributed by atoms with Gasteiger partial charge in [0.15, 0.2) is 6.61 Å². The zero-order chi connectivity index (χ0) is 27.1. The minimum Gasteiger partial charge on any atom is -0.482 e. The van der Waals surface area contributed by atoms with Gasteiger partial charge in [-0.3, -0.25) is 0 Å². The summed E-state index contributed by atoms with van der Waals surface area (Å²) in [5.74, 6) is -0.118. The maximum atomic E-state index is 13.1. The van der Waals surface area contributed by atoms with Crippen LogP contribution in [0.5, 0.6) is 5.75 Å². The molecule has 3 aromatic rings. The van der Waals surface area contributed by atoms with Crippen LogP contribution in [-0.4, -0.2) is 44.8 Å². The lowest BCUT2D eigenvalue weighted by molar-refractivity contribution is -0.145. The van der Waals surface area contributed by atoms with Crippen LogP contribution in [0.25, 0.3) is 0 Å². The first-order valence-corrected chi connectivity index (χ1v) is 13.8. The van der Waals surface area contributed by atoms with Crippen molar-refractivity contribution in [2.75, 3.05) is 19.8 Å². The molecule has 0 aliphatic heterocycles. The highest BCUT2D eigenvalue weighted by Gasteiger charge is 2.22. The van der Waals surface area contributed by atoms with Crippen LogP contribution in [0.15, 0.2) is 82.6 Å². The molecule has 3 rings (SSSR count). The molecular weight excluding hydrogens is 514 g/mol. The van der Waals surface area contributed by atoms with Crippen LogP contribution in [-0.2, 0) is 25.8 Å². The molecule has 0 bridgehead atoms. The monoisotopic (exact) mass is 545 g/mol. The van der Waals surface area contributed by atoms with E-state index in [-0.39, 0.29) is 28.5 Å². The van der Waals surface area contributed by atoms with E-state index in [1.54, 1.807) is 49.4 Å². The van der Waals surface area contributed by atoms with Gasteiger partial charge in [0.05, 0.1) is 22.5 Å². The van der Waals surface area contributed by atoms with Gasteiger partial charge >= 0.3 is 5.97 Å². The molecule has 2 N–H and O–H groups in total. The third-order valence-corrected chi connectivity index (χ3v) is 7.70. The number of carbonyl (C=O) groups is 1. The van der Waals surface area contributed by atoms with Gasteiger partial charge in [-0.15, -0.1) is 0 Å². The maximum Gasteiger partial charge on any atom is 0.344 e. The molecule has 0 fully saturated rings. The Balaban J connectivity index is 1.60. The third kappa shape index (κ3) is 8.30. The highest BCUT2D eigenvalue weighted by atomic mass is 35.5. The van der Waals surface area contributed by atoms with E-state index < -0.39 is 21.9 Å². The number of esters is 1.